The van der Waals surface area contributed by atoms with Crippen LogP contribution in [0.3, 0.4) is 0 Å². The molecule has 0 radical (unpaired) electrons. The third kappa shape index (κ3) is 9.30. The van der Waals surface area contributed by atoms with Gasteiger partial charge in [0.1, 0.15) is 0 Å². The molecule has 0 saturated carbocycles. The number of amides is 4. The average Bonchev–Trinajstić information content (AvgIpc) is 3.28. The zero-order chi connectivity index (χ0) is 36.0. The van der Waals surface area contributed by atoms with Crippen molar-refractivity contribution >= 4 is 29.4 Å². The number of nitrogen functional groups attached to an aromatic ring is 1. The van der Waals surface area contributed by atoms with Gasteiger partial charge >= 0.3 is 12.1 Å². The summed E-state index contributed by atoms with van der Waals surface area (Å²) in [7, 11) is 1.40. The Hall–Kier alpha value is -3.79. The van der Waals surface area contributed by atoms with E-state index in [0.29, 0.717) is 37.0 Å². The third-order valence-corrected chi connectivity index (χ3v) is 11.5. The van der Waals surface area contributed by atoms with Crippen LogP contribution in [0.1, 0.15) is 81.5 Å². The van der Waals surface area contributed by atoms with Gasteiger partial charge in [0.2, 0.25) is 5.91 Å². The van der Waals surface area contributed by atoms with Crippen LogP contribution in [0.15, 0.2) is 36.4 Å². The molecule has 4 amide bonds. The highest BCUT2D eigenvalue weighted by Gasteiger charge is 2.34. The van der Waals surface area contributed by atoms with E-state index in [9.17, 15) is 14.4 Å². The Morgan fingerprint density at radius 3 is 2.10 bits per heavy atom. The van der Waals surface area contributed by atoms with E-state index >= 15 is 0 Å². The standard InChI is InChI=1S/C24H39N3O.C16H21N3O3/c1-17-14-20(15-18(2)22(17)25)16-19(3)23(28)27-10-6-21(7-11-27)26-12-8-24(4,5)9-13-26;1-22-16(21)18-9-7-13(8-10-18)19-11-6-12-4-2-3-5-14(12)17-15(19)20/h14-15,19,21H,6-13,16,25H2,1-5H3;2-5,13H,6-11H2,1H3,(H,17,20)/t19-;/m1./s1. The molecule has 0 bridgehead atoms. The minimum absolute atomic E-state index is 0.0229. The number of urea groups is 1. The Morgan fingerprint density at radius 1 is 0.900 bits per heavy atom. The Bertz CT molecular complexity index is 1460. The van der Waals surface area contributed by atoms with E-state index in [0.717, 1.165) is 74.1 Å². The van der Waals surface area contributed by atoms with Crippen molar-refractivity contribution in [3.63, 3.8) is 0 Å². The summed E-state index contributed by atoms with van der Waals surface area (Å²) in [5, 5.41) is 3.00. The Labute approximate surface area is 299 Å². The highest BCUT2D eigenvalue weighted by molar-refractivity contribution is 5.91. The highest BCUT2D eigenvalue weighted by Crippen LogP contribution is 2.32. The van der Waals surface area contributed by atoms with Gasteiger partial charge < -0.3 is 35.4 Å². The van der Waals surface area contributed by atoms with E-state index in [1.807, 2.05) is 36.9 Å². The van der Waals surface area contributed by atoms with Crippen LogP contribution in [0, 0.1) is 25.2 Å². The predicted octanol–water partition coefficient (Wildman–Crippen LogP) is 6.48. The molecule has 3 fully saturated rings. The second-order valence-corrected chi connectivity index (χ2v) is 15.7. The number of ether oxygens (including phenoxy) is 1. The van der Waals surface area contributed by atoms with Gasteiger partial charge in [-0.25, -0.2) is 9.59 Å². The zero-order valence-electron chi connectivity index (χ0n) is 31.3. The topological polar surface area (TPSA) is 111 Å². The molecule has 2 aromatic carbocycles. The van der Waals surface area contributed by atoms with Crippen molar-refractivity contribution in [2.45, 2.75) is 98.1 Å². The zero-order valence-corrected chi connectivity index (χ0v) is 31.3. The molecule has 274 valence electrons. The SMILES string of the molecule is COC(=O)N1CCC(N2CCc3ccccc3NC2=O)CC1.Cc1cc(C[C@@H](C)C(=O)N2CCC(N3CCC(C)(C)CC3)CC2)cc(C)c1N. The van der Waals surface area contributed by atoms with E-state index in [4.69, 9.17) is 10.5 Å². The lowest BCUT2D eigenvalue weighted by Gasteiger charge is -2.44. The molecule has 3 saturated heterocycles. The van der Waals surface area contributed by atoms with Crippen molar-refractivity contribution in [1.29, 1.82) is 0 Å². The number of piperidine rings is 3. The van der Waals surface area contributed by atoms with Crippen molar-refractivity contribution in [1.82, 2.24) is 19.6 Å². The molecule has 0 aromatic heterocycles. The van der Waals surface area contributed by atoms with Crippen LogP contribution in [0.2, 0.25) is 0 Å². The molecule has 3 N–H and O–H groups in total. The van der Waals surface area contributed by atoms with E-state index in [1.54, 1.807) is 4.90 Å². The molecule has 1 atom stereocenters. The summed E-state index contributed by atoms with van der Waals surface area (Å²) in [6.45, 7) is 17.2. The second kappa shape index (κ2) is 16.5. The van der Waals surface area contributed by atoms with Crippen LogP contribution in [-0.2, 0) is 22.4 Å². The van der Waals surface area contributed by atoms with E-state index in [1.165, 1.54) is 44.2 Å². The lowest BCUT2D eigenvalue weighted by Crippen LogP contribution is -2.50. The number of rotatable bonds is 5. The number of methoxy groups -OCH3 is 1. The van der Waals surface area contributed by atoms with Gasteiger partial charge in [0.25, 0.3) is 0 Å². The number of fused-ring (bicyclic) bond motifs is 1. The van der Waals surface area contributed by atoms with Crippen molar-refractivity contribution in [2.24, 2.45) is 11.3 Å². The van der Waals surface area contributed by atoms with Crippen molar-refractivity contribution in [3.05, 3.63) is 58.7 Å². The maximum absolute atomic E-state index is 13.0. The Balaban J connectivity index is 0.000000200. The monoisotopic (exact) mass is 688 g/mol. The number of benzene rings is 2. The fraction of sp³-hybridized carbons (Fsp3) is 0.625. The minimum atomic E-state index is -0.286. The van der Waals surface area contributed by atoms with Crippen LogP contribution < -0.4 is 11.1 Å². The summed E-state index contributed by atoms with van der Waals surface area (Å²) in [5.74, 6) is 0.333. The van der Waals surface area contributed by atoms with Crippen LogP contribution in [0.5, 0.6) is 0 Å². The number of nitrogens with one attached hydrogen (secondary N) is 1. The van der Waals surface area contributed by atoms with Crippen LogP contribution in [0.25, 0.3) is 0 Å². The number of nitrogens with two attached hydrogens (primary N) is 1. The quantitative estimate of drug-likeness (QED) is 0.348. The lowest BCUT2D eigenvalue weighted by molar-refractivity contribution is -0.136. The maximum Gasteiger partial charge on any atom is 0.409 e. The molecular formula is C40H60N6O4. The largest absolute Gasteiger partial charge is 0.453 e. The molecule has 50 heavy (non-hydrogen) atoms. The van der Waals surface area contributed by atoms with Gasteiger partial charge in [-0.1, -0.05) is 51.1 Å². The van der Waals surface area contributed by atoms with E-state index < -0.39 is 0 Å². The normalized spacial score (nSPS) is 20.9. The summed E-state index contributed by atoms with van der Waals surface area (Å²) in [4.78, 5) is 45.4. The molecule has 4 heterocycles. The van der Waals surface area contributed by atoms with Crippen molar-refractivity contribution < 1.29 is 19.1 Å². The molecule has 0 aliphatic carbocycles. The van der Waals surface area contributed by atoms with Crippen LogP contribution >= 0.6 is 0 Å². The molecule has 6 rings (SSSR count). The Morgan fingerprint density at radius 2 is 1.48 bits per heavy atom. The predicted molar refractivity (Wildman–Crippen MR) is 200 cm³/mol. The van der Waals surface area contributed by atoms with Gasteiger partial charge in [-0.3, -0.25) is 4.79 Å². The second-order valence-electron chi connectivity index (χ2n) is 15.7. The Kier molecular flexibility index (Phi) is 12.4. The minimum Gasteiger partial charge on any atom is -0.453 e. The van der Waals surface area contributed by atoms with Gasteiger partial charge in [-0.05, 0) is 112 Å². The molecule has 4 aliphatic heterocycles. The number of nitrogens with zero attached hydrogens (tertiary/aromatic N) is 4. The van der Waals surface area contributed by atoms with Gasteiger partial charge in [-0.15, -0.1) is 0 Å². The summed E-state index contributed by atoms with van der Waals surface area (Å²) >= 11 is 0. The summed E-state index contributed by atoms with van der Waals surface area (Å²) in [5.41, 5.74) is 13.0. The first-order valence-corrected chi connectivity index (χ1v) is 18.7. The smallest absolute Gasteiger partial charge is 0.409 e. The molecule has 2 aromatic rings. The van der Waals surface area contributed by atoms with Gasteiger partial charge in [0, 0.05) is 62.1 Å². The van der Waals surface area contributed by atoms with E-state index in [-0.39, 0.29) is 24.1 Å². The van der Waals surface area contributed by atoms with Gasteiger partial charge in [0.15, 0.2) is 0 Å². The molecular weight excluding hydrogens is 628 g/mol. The van der Waals surface area contributed by atoms with Gasteiger partial charge in [-0.2, -0.15) is 0 Å². The summed E-state index contributed by atoms with van der Waals surface area (Å²) in [6, 6.07) is 13.0. The first-order chi connectivity index (χ1) is 23.8. The van der Waals surface area contributed by atoms with Crippen molar-refractivity contribution in [2.75, 3.05) is 64.0 Å². The molecule has 10 nitrogen and oxygen atoms in total. The first-order valence-electron chi connectivity index (χ1n) is 18.7. The summed E-state index contributed by atoms with van der Waals surface area (Å²) in [6.07, 6.45) is 7.78. The fourth-order valence-electron chi connectivity index (χ4n) is 8.11. The first kappa shape index (κ1) is 37.5. The maximum atomic E-state index is 13.0. The fourth-order valence-corrected chi connectivity index (χ4v) is 8.11. The number of para-hydroxylation sites is 1. The lowest BCUT2D eigenvalue weighted by atomic mass is 9.82. The molecule has 4 aliphatic rings. The number of hydrogen-bond acceptors (Lipinski definition) is 6. The molecule has 0 unspecified atom stereocenters. The number of aryl methyl sites for hydroxylation is 2. The molecule has 10 heteroatoms. The number of hydrogen-bond donors (Lipinski definition) is 2. The van der Waals surface area contributed by atoms with Crippen LogP contribution in [-0.4, -0.2) is 103 Å². The van der Waals surface area contributed by atoms with E-state index in [2.05, 4.69) is 54.1 Å². The van der Waals surface area contributed by atoms with Crippen LogP contribution in [0.4, 0.5) is 21.0 Å². The van der Waals surface area contributed by atoms with Crippen molar-refractivity contribution in [3.8, 4) is 0 Å². The molecule has 0 spiro atoms. The number of anilines is 2. The summed E-state index contributed by atoms with van der Waals surface area (Å²) < 4.78 is 4.75. The van der Waals surface area contributed by atoms with Gasteiger partial charge in [0.05, 0.1) is 7.11 Å². The number of likely N-dealkylation sites (tertiary alicyclic amines) is 3. The number of carbonyl (C=O) groups excluding carboxylic acids is 3. The number of carbonyl (C=O) groups is 3. The highest BCUT2D eigenvalue weighted by atomic mass is 16.5. The average molecular weight is 689 g/mol. The third-order valence-electron chi connectivity index (χ3n) is 11.5.